The van der Waals surface area contributed by atoms with Gasteiger partial charge in [-0.15, -0.1) is 0 Å². The molecule has 1 heterocycles. The predicted octanol–water partition coefficient (Wildman–Crippen LogP) is 2.25. The van der Waals surface area contributed by atoms with Crippen molar-refractivity contribution in [3.05, 3.63) is 59.2 Å². The summed E-state index contributed by atoms with van der Waals surface area (Å²) in [6, 6.07) is 13.8. The van der Waals surface area contributed by atoms with Crippen molar-refractivity contribution in [1.29, 1.82) is 0 Å². The number of amides is 2. The lowest BCUT2D eigenvalue weighted by Gasteiger charge is -2.26. The summed E-state index contributed by atoms with van der Waals surface area (Å²) in [6.45, 7) is 2.66. The van der Waals surface area contributed by atoms with Crippen LogP contribution in [0.2, 0.25) is 0 Å². The van der Waals surface area contributed by atoms with Gasteiger partial charge in [-0.1, -0.05) is 35.9 Å². The molecule has 0 aromatic heterocycles. The molecule has 0 spiro atoms. The van der Waals surface area contributed by atoms with Crippen molar-refractivity contribution < 1.29 is 14.3 Å². The second-order valence-electron chi connectivity index (χ2n) is 6.31. The van der Waals surface area contributed by atoms with Crippen LogP contribution >= 0.6 is 0 Å². The minimum Gasteiger partial charge on any atom is -0.482 e. The molecule has 0 atom stereocenters. The molecule has 1 aliphatic heterocycles. The normalized spacial score (nSPS) is 13.2. The van der Waals surface area contributed by atoms with E-state index in [4.69, 9.17) is 4.74 Å². The van der Waals surface area contributed by atoms with Gasteiger partial charge in [-0.25, -0.2) is 0 Å². The molecule has 0 aliphatic carbocycles. The first-order chi connectivity index (χ1) is 12.0. The van der Waals surface area contributed by atoms with Crippen molar-refractivity contribution in [2.75, 3.05) is 25.1 Å². The largest absolute Gasteiger partial charge is 0.482 e. The molecule has 5 heteroatoms. The summed E-state index contributed by atoms with van der Waals surface area (Å²) in [4.78, 5) is 25.4. The Morgan fingerprint density at radius 1 is 1.20 bits per heavy atom. The zero-order chi connectivity index (χ0) is 17.8. The Bertz CT molecular complexity index is 801. The first-order valence-corrected chi connectivity index (χ1v) is 8.37. The van der Waals surface area contributed by atoms with Gasteiger partial charge in [-0.3, -0.25) is 9.59 Å². The molecule has 130 valence electrons. The highest BCUT2D eigenvalue weighted by Gasteiger charge is 2.22. The third-order valence-corrected chi connectivity index (χ3v) is 4.29. The summed E-state index contributed by atoms with van der Waals surface area (Å²) in [5, 5.41) is 2.95. The Kier molecular flexibility index (Phi) is 5.03. The number of hydrogen-bond donors (Lipinski definition) is 1. The summed E-state index contributed by atoms with van der Waals surface area (Å²) in [5.41, 5.74) is 4.00. The second kappa shape index (κ2) is 7.38. The van der Waals surface area contributed by atoms with E-state index in [0.29, 0.717) is 25.1 Å². The van der Waals surface area contributed by atoms with Crippen molar-refractivity contribution in [3.8, 4) is 5.75 Å². The maximum Gasteiger partial charge on any atom is 0.264 e. The molecule has 5 nitrogen and oxygen atoms in total. The first kappa shape index (κ1) is 17.0. The van der Waals surface area contributed by atoms with Gasteiger partial charge in [0.25, 0.3) is 5.91 Å². The fourth-order valence-corrected chi connectivity index (χ4v) is 2.89. The monoisotopic (exact) mass is 338 g/mol. The SMILES string of the molecule is Cc1cccc(CC(=O)NCCc2ccc3c(c2)N(C)C(=O)CO3)c1. The van der Waals surface area contributed by atoms with Crippen LogP contribution in [0.1, 0.15) is 16.7 Å². The Hall–Kier alpha value is -2.82. The van der Waals surface area contributed by atoms with Crippen LogP contribution in [0.3, 0.4) is 0 Å². The number of likely N-dealkylation sites (N-methyl/N-ethyl adjacent to an activating group) is 1. The topological polar surface area (TPSA) is 58.6 Å². The Balaban J connectivity index is 1.54. The highest BCUT2D eigenvalue weighted by Crippen LogP contribution is 2.31. The van der Waals surface area contributed by atoms with Gasteiger partial charge >= 0.3 is 0 Å². The smallest absolute Gasteiger partial charge is 0.264 e. The number of hydrogen-bond acceptors (Lipinski definition) is 3. The van der Waals surface area contributed by atoms with Gasteiger partial charge in [-0.05, 0) is 36.6 Å². The van der Waals surface area contributed by atoms with Crippen molar-refractivity contribution in [3.63, 3.8) is 0 Å². The van der Waals surface area contributed by atoms with Crippen molar-refractivity contribution >= 4 is 17.5 Å². The van der Waals surface area contributed by atoms with Gasteiger partial charge in [0.05, 0.1) is 12.1 Å². The molecule has 0 fully saturated rings. The first-order valence-electron chi connectivity index (χ1n) is 8.37. The third kappa shape index (κ3) is 4.18. The highest BCUT2D eigenvalue weighted by atomic mass is 16.5. The summed E-state index contributed by atoms with van der Waals surface area (Å²) < 4.78 is 5.42. The molecule has 2 aromatic rings. The van der Waals surface area contributed by atoms with E-state index in [-0.39, 0.29) is 18.4 Å². The van der Waals surface area contributed by atoms with E-state index in [9.17, 15) is 9.59 Å². The molecule has 0 unspecified atom stereocenters. The van der Waals surface area contributed by atoms with E-state index in [0.717, 1.165) is 22.4 Å². The molecule has 0 saturated heterocycles. The zero-order valence-electron chi connectivity index (χ0n) is 14.5. The lowest BCUT2D eigenvalue weighted by Crippen LogP contribution is -2.35. The van der Waals surface area contributed by atoms with Gasteiger partial charge in [0.15, 0.2) is 6.61 Å². The van der Waals surface area contributed by atoms with E-state index in [1.807, 2.05) is 49.4 Å². The number of fused-ring (bicyclic) bond motifs is 1. The number of rotatable bonds is 5. The van der Waals surface area contributed by atoms with Gasteiger partial charge in [-0.2, -0.15) is 0 Å². The number of benzene rings is 2. The maximum absolute atomic E-state index is 12.1. The fourth-order valence-electron chi connectivity index (χ4n) is 2.89. The van der Waals surface area contributed by atoms with Crippen LogP contribution in [0.15, 0.2) is 42.5 Å². The molecule has 2 aromatic carbocycles. The molecule has 0 saturated carbocycles. The van der Waals surface area contributed by atoms with Gasteiger partial charge in [0.1, 0.15) is 5.75 Å². The van der Waals surface area contributed by atoms with Crippen LogP contribution < -0.4 is 15.0 Å². The van der Waals surface area contributed by atoms with E-state index in [2.05, 4.69) is 5.32 Å². The van der Waals surface area contributed by atoms with Crippen LogP contribution in [-0.2, 0) is 22.4 Å². The number of aryl methyl sites for hydroxylation is 1. The maximum atomic E-state index is 12.1. The summed E-state index contributed by atoms with van der Waals surface area (Å²) in [5.74, 6) is 0.671. The van der Waals surface area contributed by atoms with E-state index in [1.54, 1.807) is 11.9 Å². The molecule has 3 rings (SSSR count). The number of nitrogens with zero attached hydrogens (tertiary/aromatic N) is 1. The van der Waals surface area contributed by atoms with E-state index in [1.165, 1.54) is 0 Å². The standard InChI is InChI=1S/C20H22N2O3/c1-14-4-3-5-16(10-14)12-19(23)21-9-8-15-6-7-18-17(11-15)22(2)20(24)13-25-18/h3-7,10-11H,8-9,12-13H2,1-2H3,(H,21,23). The summed E-state index contributed by atoms with van der Waals surface area (Å²) in [7, 11) is 1.75. The van der Waals surface area contributed by atoms with Crippen LogP contribution in [0, 0.1) is 6.92 Å². The highest BCUT2D eigenvalue weighted by molar-refractivity contribution is 5.97. The number of nitrogens with one attached hydrogen (secondary N) is 1. The summed E-state index contributed by atoms with van der Waals surface area (Å²) in [6.07, 6.45) is 1.09. The van der Waals surface area contributed by atoms with Gasteiger partial charge < -0.3 is 15.0 Å². The summed E-state index contributed by atoms with van der Waals surface area (Å²) >= 11 is 0. The Labute approximate surface area is 147 Å². The molecule has 0 bridgehead atoms. The average Bonchev–Trinajstić information content (AvgIpc) is 2.58. The van der Waals surface area contributed by atoms with Crippen molar-refractivity contribution in [2.24, 2.45) is 0 Å². The number of carbonyl (C=O) groups is 2. The van der Waals surface area contributed by atoms with Crippen molar-refractivity contribution in [1.82, 2.24) is 5.32 Å². The zero-order valence-corrected chi connectivity index (χ0v) is 14.5. The van der Waals surface area contributed by atoms with Crippen LogP contribution in [-0.4, -0.2) is 32.0 Å². The molecule has 1 N–H and O–H groups in total. The minimum absolute atomic E-state index is 0.0131. The van der Waals surface area contributed by atoms with Crippen LogP contribution in [0.25, 0.3) is 0 Å². The minimum atomic E-state index is -0.0592. The fraction of sp³-hybridized carbons (Fsp3) is 0.300. The number of ether oxygens (including phenoxy) is 1. The lowest BCUT2D eigenvalue weighted by atomic mass is 10.1. The number of anilines is 1. The van der Waals surface area contributed by atoms with E-state index >= 15 is 0 Å². The van der Waals surface area contributed by atoms with Gasteiger partial charge in [0, 0.05) is 13.6 Å². The molecule has 25 heavy (non-hydrogen) atoms. The molecule has 0 radical (unpaired) electrons. The number of carbonyl (C=O) groups excluding carboxylic acids is 2. The van der Waals surface area contributed by atoms with Crippen LogP contribution in [0.4, 0.5) is 5.69 Å². The van der Waals surface area contributed by atoms with Crippen LogP contribution in [0.5, 0.6) is 5.75 Å². The van der Waals surface area contributed by atoms with E-state index < -0.39 is 0 Å². The van der Waals surface area contributed by atoms with Gasteiger partial charge in [0.2, 0.25) is 5.91 Å². The molecule has 2 amide bonds. The molecular weight excluding hydrogens is 316 g/mol. The molecule has 1 aliphatic rings. The Morgan fingerprint density at radius 2 is 2.04 bits per heavy atom. The second-order valence-corrected chi connectivity index (χ2v) is 6.31. The predicted molar refractivity (Wildman–Crippen MR) is 96.9 cm³/mol. The quantitative estimate of drug-likeness (QED) is 0.910. The van der Waals surface area contributed by atoms with Crippen molar-refractivity contribution in [2.45, 2.75) is 19.8 Å². The third-order valence-electron chi connectivity index (χ3n) is 4.29. The molecular formula is C20H22N2O3. The average molecular weight is 338 g/mol. The Morgan fingerprint density at radius 3 is 2.84 bits per heavy atom. The lowest BCUT2D eigenvalue weighted by molar-refractivity contribution is -0.121.